The Hall–Kier alpha value is -2.12. The third kappa shape index (κ3) is 3.69. The number of rotatable bonds is 4. The number of alkyl halides is 3. The van der Waals surface area contributed by atoms with E-state index in [0.717, 1.165) is 23.2 Å². The van der Waals surface area contributed by atoms with Gasteiger partial charge in [0.1, 0.15) is 5.69 Å². The molecule has 1 heterocycles. The monoisotopic (exact) mass is 290 g/mol. The lowest BCUT2D eigenvalue weighted by atomic mass is 10.1. The Morgan fingerprint density at radius 3 is 2.55 bits per heavy atom. The molecule has 5 nitrogen and oxygen atoms in total. The fraction of sp³-hybridized carbons (Fsp3) is 0.417. The molecule has 0 aliphatic carbocycles. The number of aromatic nitrogens is 1. The minimum atomic E-state index is -4.70. The summed E-state index contributed by atoms with van der Waals surface area (Å²) in [5.74, 6) is -2.99. The summed E-state index contributed by atoms with van der Waals surface area (Å²) in [6, 6.07) is 1.84. The fourth-order valence-electron chi connectivity index (χ4n) is 1.56. The lowest BCUT2D eigenvalue weighted by Gasteiger charge is -2.20. The maximum atomic E-state index is 12.8. The number of hydrogen-bond acceptors (Lipinski definition) is 3. The fourth-order valence-corrected chi connectivity index (χ4v) is 1.56. The Labute approximate surface area is 113 Å². The highest BCUT2D eigenvalue weighted by atomic mass is 19.4. The van der Waals surface area contributed by atoms with Gasteiger partial charge in [0.15, 0.2) is 0 Å². The number of amides is 1. The summed E-state index contributed by atoms with van der Waals surface area (Å²) < 4.78 is 38.3. The average Bonchev–Trinajstić information content (AvgIpc) is 2.36. The van der Waals surface area contributed by atoms with Crippen molar-refractivity contribution in [1.82, 2.24) is 9.88 Å². The molecule has 1 amide bonds. The Morgan fingerprint density at radius 2 is 2.05 bits per heavy atom. The van der Waals surface area contributed by atoms with Crippen LogP contribution in [0.4, 0.5) is 13.2 Å². The lowest BCUT2D eigenvalue weighted by molar-refractivity contribution is -0.141. The van der Waals surface area contributed by atoms with Crippen molar-refractivity contribution in [2.45, 2.75) is 13.1 Å². The van der Waals surface area contributed by atoms with Gasteiger partial charge in [-0.3, -0.25) is 14.6 Å². The van der Waals surface area contributed by atoms with Gasteiger partial charge in [-0.05, 0) is 12.1 Å². The molecule has 1 aromatic rings. The van der Waals surface area contributed by atoms with Crippen LogP contribution in [0.5, 0.6) is 0 Å². The molecule has 8 heteroatoms. The van der Waals surface area contributed by atoms with Crippen LogP contribution in [0.25, 0.3) is 0 Å². The molecule has 0 bridgehead atoms. The number of aliphatic carboxylic acids is 1. The van der Waals surface area contributed by atoms with Gasteiger partial charge in [-0.15, -0.1) is 0 Å². The van der Waals surface area contributed by atoms with Gasteiger partial charge in [-0.2, -0.15) is 13.2 Å². The van der Waals surface area contributed by atoms with Gasteiger partial charge in [0.05, 0.1) is 11.5 Å². The van der Waals surface area contributed by atoms with Crippen molar-refractivity contribution in [3.63, 3.8) is 0 Å². The minimum Gasteiger partial charge on any atom is -0.481 e. The number of carbonyl (C=O) groups excluding carboxylic acids is 1. The van der Waals surface area contributed by atoms with E-state index in [0.29, 0.717) is 0 Å². The molecule has 1 N–H and O–H groups in total. The quantitative estimate of drug-likeness (QED) is 0.919. The standard InChI is InChI=1S/C12H13F3N2O3/c1-7(11(19)20)6-17(2)10(18)9-8(12(13,14)15)4-3-5-16-9/h3-5,7H,6H2,1-2H3,(H,19,20). The van der Waals surface area contributed by atoms with E-state index in [-0.39, 0.29) is 6.54 Å². The third-order valence-corrected chi connectivity index (χ3v) is 2.63. The van der Waals surface area contributed by atoms with Crippen molar-refractivity contribution in [2.24, 2.45) is 5.92 Å². The SMILES string of the molecule is CC(CN(C)C(=O)c1ncccc1C(F)(F)F)C(=O)O. The molecule has 0 saturated heterocycles. The first-order valence-electron chi connectivity index (χ1n) is 5.65. The zero-order valence-corrected chi connectivity index (χ0v) is 10.8. The molecule has 110 valence electrons. The number of halogens is 3. The second-order valence-corrected chi connectivity index (χ2v) is 4.32. The minimum absolute atomic E-state index is 0.206. The van der Waals surface area contributed by atoms with Crippen molar-refractivity contribution < 1.29 is 27.9 Å². The summed E-state index contributed by atoms with van der Waals surface area (Å²) >= 11 is 0. The van der Waals surface area contributed by atoms with Gasteiger partial charge in [0, 0.05) is 19.8 Å². The summed E-state index contributed by atoms with van der Waals surface area (Å²) in [5.41, 5.74) is -1.88. The largest absolute Gasteiger partial charge is 0.481 e. The van der Waals surface area contributed by atoms with Gasteiger partial charge in [0.2, 0.25) is 0 Å². The molecule has 0 fully saturated rings. The molecule has 0 aliphatic rings. The summed E-state index contributed by atoms with van der Waals surface area (Å²) in [6.07, 6.45) is -3.62. The second-order valence-electron chi connectivity index (χ2n) is 4.32. The number of hydrogen-bond donors (Lipinski definition) is 1. The zero-order valence-electron chi connectivity index (χ0n) is 10.8. The molecule has 0 radical (unpaired) electrons. The van der Waals surface area contributed by atoms with Gasteiger partial charge in [0.25, 0.3) is 5.91 Å². The van der Waals surface area contributed by atoms with E-state index < -0.39 is 35.2 Å². The number of carboxylic acid groups (broad SMARTS) is 1. The number of carboxylic acids is 1. The summed E-state index contributed by atoms with van der Waals surface area (Å²) in [5, 5.41) is 8.73. The van der Waals surface area contributed by atoms with Crippen LogP contribution in [-0.2, 0) is 11.0 Å². The number of nitrogens with zero attached hydrogens (tertiary/aromatic N) is 2. The van der Waals surface area contributed by atoms with Crippen molar-refractivity contribution in [3.8, 4) is 0 Å². The van der Waals surface area contributed by atoms with Crippen molar-refractivity contribution in [1.29, 1.82) is 0 Å². The average molecular weight is 290 g/mol. The van der Waals surface area contributed by atoms with Crippen LogP contribution in [0.3, 0.4) is 0 Å². The molecule has 20 heavy (non-hydrogen) atoms. The molecular weight excluding hydrogens is 277 g/mol. The van der Waals surface area contributed by atoms with Crippen molar-refractivity contribution >= 4 is 11.9 Å². The van der Waals surface area contributed by atoms with Crippen LogP contribution in [0.2, 0.25) is 0 Å². The molecule has 1 atom stereocenters. The molecule has 0 aromatic carbocycles. The molecule has 1 rings (SSSR count). The van der Waals surface area contributed by atoms with E-state index in [9.17, 15) is 22.8 Å². The summed E-state index contributed by atoms with van der Waals surface area (Å²) in [7, 11) is 1.23. The van der Waals surface area contributed by atoms with Crippen molar-refractivity contribution in [3.05, 3.63) is 29.6 Å². The van der Waals surface area contributed by atoms with Gasteiger partial charge >= 0.3 is 12.1 Å². The highest BCUT2D eigenvalue weighted by molar-refractivity contribution is 5.94. The van der Waals surface area contributed by atoms with Crippen molar-refractivity contribution in [2.75, 3.05) is 13.6 Å². The zero-order chi connectivity index (χ0) is 15.5. The first-order valence-corrected chi connectivity index (χ1v) is 5.65. The predicted octanol–water partition coefficient (Wildman–Crippen LogP) is 1.89. The Kier molecular flexibility index (Phi) is 4.69. The van der Waals surface area contributed by atoms with Crippen LogP contribution in [-0.4, -0.2) is 40.5 Å². The molecule has 0 saturated carbocycles. The first kappa shape index (κ1) is 15.9. The maximum Gasteiger partial charge on any atom is 0.418 e. The van der Waals surface area contributed by atoms with Gasteiger partial charge < -0.3 is 10.0 Å². The number of carbonyl (C=O) groups is 2. The normalized spacial score (nSPS) is 12.8. The second kappa shape index (κ2) is 5.89. The highest BCUT2D eigenvalue weighted by Gasteiger charge is 2.36. The molecule has 0 aliphatic heterocycles. The summed E-state index contributed by atoms with van der Waals surface area (Å²) in [6.45, 7) is 1.15. The predicted molar refractivity (Wildman–Crippen MR) is 63.0 cm³/mol. The Balaban J connectivity index is 3.01. The lowest BCUT2D eigenvalue weighted by Crippen LogP contribution is -2.35. The van der Waals surface area contributed by atoms with E-state index in [1.54, 1.807) is 0 Å². The first-order chi connectivity index (χ1) is 9.14. The molecular formula is C12H13F3N2O3. The third-order valence-electron chi connectivity index (χ3n) is 2.63. The van der Waals surface area contributed by atoms with Gasteiger partial charge in [-0.1, -0.05) is 6.92 Å². The maximum absolute atomic E-state index is 12.8. The van der Waals surface area contributed by atoms with Gasteiger partial charge in [-0.25, -0.2) is 0 Å². The van der Waals surface area contributed by atoms with E-state index >= 15 is 0 Å². The summed E-state index contributed by atoms with van der Waals surface area (Å²) in [4.78, 5) is 27.0. The van der Waals surface area contributed by atoms with E-state index in [2.05, 4.69) is 4.98 Å². The highest BCUT2D eigenvalue weighted by Crippen LogP contribution is 2.31. The smallest absolute Gasteiger partial charge is 0.418 e. The van der Waals surface area contributed by atoms with Crippen LogP contribution < -0.4 is 0 Å². The molecule has 0 spiro atoms. The Bertz CT molecular complexity index is 517. The van der Waals surface area contributed by atoms with Crippen LogP contribution >= 0.6 is 0 Å². The van der Waals surface area contributed by atoms with E-state index in [1.165, 1.54) is 14.0 Å². The van der Waals surface area contributed by atoms with Crippen LogP contribution in [0.1, 0.15) is 23.0 Å². The molecule has 1 unspecified atom stereocenters. The van der Waals surface area contributed by atoms with Crippen LogP contribution in [0, 0.1) is 5.92 Å². The number of pyridine rings is 1. The topological polar surface area (TPSA) is 70.5 Å². The van der Waals surface area contributed by atoms with Crippen LogP contribution in [0.15, 0.2) is 18.3 Å². The van der Waals surface area contributed by atoms with E-state index in [4.69, 9.17) is 5.11 Å². The van der Waals surface area contributed by atoms with E-state index in [1.807, 2.05) is 0 Å². The molecule has 1 aromatic heterocycles. The Morgan fingerprint density at radius 1 is 1.45 bits per heavy atom.